The number of carbonyl (C=O) groups is 2. The highest BCUT2D eigenvalue weighted by Gasteiger charge is 2.24. The predicted molar refractivity (Wildman–Crippen MR) is 60.8 cm³/mol. The first-order chi connectivity index (χ1) is 7.63. The van der Waals surface area contributed by atoms with Crippen LogP contribution in [0.4, 0.5) is 0 Å². The summed E-state index contributed by atoms with van der Waals surface area (Å²) in [6, 6.07) is 0.301. The minimum Gasteiger partial charge on any atom is -0.466 e. The molecule has 1 amide bonds. The lowest BCUT2D eigenvalue weighted by Gasteiger charge is -2.16. The Morgan fingerprint density at radius 3 is 2.62 bits per heavy atom. The molecule has 0 aromatic carbocycles. The molecule has 2 unspecified atom stereocenters. The molecule has 0 spiro atoms. The van der Waals surface area contributed by atoms with Crippen LogP contribution in [-0.4, -0.2) is 24.5 Å². The maximum Gasteiger partial charge on any atom is 0.306 e. The molecule has 0 saturated heterocycles. The monoisotopic (exact) mass is 227 g/mol. The summed E-state index contributed by atoms with van der Waals surface area (Å²) in [6.45, 7) is 4.29. The summed E-state index contributed by atoms with van der Waals surface area (Å²) in [5.74, 6) is 0.232. The lowest BCUT2D eigenvalue weighted by atomic mass is 10.1. The molecule has 1 aliphatic carbocycles. The highest BCUT2D eigenvalue weighted by atomic mass is 16.5. The van der Waals surface area contributed by atoms with Crippen LogP contribution >= 0.6 is 0 Å². The molecule has 0 heterocycles. The average Bonchev–Trinajstić information content (AvgIpc) is 2.62. The molecule has 0 bridgehead atoms. The van der Waals surface area contributed by atoms with E-state index in [-0.39, 0.29) is 24.7 Å². The fourth-order valence-corrected chi connectivity index (χ4v) is 2.09. The van der Waals surface area contributed by atoms with Crippen molar-refractivity contribution in [1.82, 2.24) is 5.32 Å². The quantitative estimate of drug-likeness (QED) is 0.726. The van der Waals surface area contributed by atoms with Crippen molar-refractivity contribution in [2.24, 2.45) is 5.92 Å². The molecule has 1 saturated carbocycles. The third-order valence-corrected chi connectivity index (χ3v) is 3.07. The van der Waals surface area contributed by atoms with Gasteiger partial charge in [0.1, 0.15) is 0 Å². The largest absolute Gasteiger partial charge is 0.466 e. The normalized spacial score (nSPS) is 24.1. The van der Waals surface area contributed by atoms with E-state index in [1.165, 1.54) is 12.8 Å². The van der Waals surface area contributed by atoms with E-state index in [1.807, 2.05) is 0 Å². The van der Waals surface area contributed by atoms with Gasteiger partial charge in [-0.2, -0.15) is 0 Å². The average molecular weight is 227 g/mol. The van der Waals surface area contributed by atoms with Gasteiger partial charge in [-0.15, -0.1) is 0 Å². The fraction of sp³-hybridized carbons (Fsp3) is 0.833. The van der Waals surface area contributed by atoms with E-state index in [9.17, 15) is 9.59 Å². The van der Waals surface area contributed by atoms with Crippen LogP contribution in [0.1, 0.15) is 46.0 Å². The zero-order valence-electron chi connectivity index (χ0n) is 10.1. The molecule has 1 N–H and O–H groups in total. The molecule has 16 heavy (non-hydrogen) atoms. The Kier molecular flexibility index (Phi) is 5.29. The van der Waals surface area contributed by atoms with Crippen LogP contribution in [0.25, 0.3) is 0 Å². The second-order valence-corrected chi connectivity index (χ2v) is 4.39. The third-order valence-electron chi connectivity index (χ3n) is 3.07. The van der Waals surface area contributed by atoms with Crippen LogP contribution < -0.4 is 5.32 Å². The molecule has 1 rings (SSSR count). The molecule has 2 atom stereocenters. The van der Waals surface area contributed by atoms with Gasteiger partial charge >= 0.3 is 5.97 Å². The first-order valence-corrected chi connectivity index (χ1v) is 6.08. The molecule has 4 heteroatoms. The second kappa shape index (κ2) is 6.51. The zero-order valence-corrected chi connectivity index (χ0v) is 10.1. The fourth-order valence-electron chi connectivity index (χ4n) is 2.09. The summed E-state index contributed by atoms with van der Waals surface area (Å²) < 4.78 is 4.76. The zero-order chi connectivity index (χ0) is 12.0. The van der Waals surface area contributed by atoms with Crippen molar-refractivity contribution >= 4 is 11.9 Å². The van der Waals surface area contributed by atoms with E-state index in [0.29, 0.717) is 18.6 Å². The summed E-state index contributed by atoms with van der Waals surface area (Å²) in [7, 11) is 0. The van der Waals surface area contributed by atoms with Gasteiger partial charge < -0.3 is 10.1 Å². The number of ether oxygens (including phenoxy) is 1. The van der Waals surface area contributed by atoms with E-state index in [1.54, 1.807) is 6.92 Å². The Bertz CT molecular complexity index is 253. The van der Waals surface area contributed by atoms with Crippen LogP contribution in [0.5, 0.6) is 0 Å². The van der Waals surface area contributed by atoms with Crippen LogP contribution in [0, 0.1) is 5.92 Å². The number of hydrogen-bond donors (Lipinski definition) is 1. The minimum absolute atomic E-state index is 0.0354. The SMILES string of the molecule is CCOC(=O)CCC(=O)NC1CCCC1C. The third kappa shape index (κ3) is 4.21. The van der Waals surface area contributed by atoms with Gasteiger partial charge in [0, 0.05) is 12.5 Å². The van der Waals surface area contributed by atoms with Gasteiger partial charge in [-0.25, -0.2) is 0 Å². The van der Waals surface area contributed by atoms with Crippen LogP contribution in [0.3, 0.4) is 0 Å². The van der Waals surface area contributed by atoms with Crippen LogP contribution in [-0.2, 0) is 14.3 Å². The second-order valence-electron chi connectivity index (χ2n) is 4.39. The first-order valence-electron chi connectivity index (χ1n) is 6.08. The number of carbonyl (C=O) groups excluding carboxylic acids is 2. The Morgan fingerprint density at radius 1 is 1.31 bits per heavy atom. The Hall–Kier alpha value is -1.06. The standard InChI is InChI=1S/C12H21NO3/c1-3-16-12(15)8-7-11(14)13-10-6-4-5-9(10)2/h9-10H,3-8H2,1-2H3,(H,13,14). The van der Waals surface area contributed by atoms with Crippen molar-refractivity contribution in [3.63, 3.8) is 0 Å². The number of rotatable bonds is 5. The van der Waals surface area contributed by atoms with Gasteiger partial charge in [0.2, 0.25) is 5.91 Å². The lowest BCUT2D eigenvalue weighted by molar-refractivity contribution is -0.144. The summed E-state index contributed by atoms with van der Waals surface area (Å²) >= 11 is 0. The van der Waals surface area contributed by atoms with E-state index >= 15 is 0 Å². The molecular formula is C12H21NO3. The molecule has 0 radical (unpaired) electrons. The molecule has 4 nitrogen and oxygen atoms in total. The highest BCUT2D eigenvalue weighted by Crippen LogP contribution is 2.24. The van der Waals surface area contributed by atoms with Crippen LogP contribution in [0.2, 0.25) is 0 Å². The first kappa shape index (κ1) is 13.0. The molecule has 0 aromatic rings. The summed E-state index contributed by atoms with van der Waals surface area (Å²) in [4.78, 5) is 22.6. The smallest absolute Gasteiger partial charge is 0.306 e. The van der Waals surface area contributed by atoms with Gasteiger partial charge in [-0.3, -0.25) is 9.59 Å². The number of hydrogen-bond acceptors (Lipinski definition) is 3. The van der Waals surface area contributed by atoms with Crippen LogP contribution in [0.15, 0.2) is 0 Å². The van der Waals surface area contributed by atoms with Crippen molar-refractivity contribution in [2.75, 3.05) is 6.61 Å². The Balaban J connectivity index is 2.18. The minimum atomic E-state index is -0.294. The van der Waals surface area contributed by atoms with E-state index in [0.717, 1.165) is 6.42 Å². The molecule has 1 fully saturated rings. The van der Waals surface area contributed by atoms with E-state index < -0.39 is 0 Å². The highest BCUT2D eigenvalue weighted by molar-refractivity contribution is 5.81. The summed E-state index contributed by atoms with van der Waals surface area (Å²) in [5.41, 5.74) is 0. The number of nitrogens with one attached hydrogen (secondary N) is 1. The summed E-state index contributed by atoms with van der Waals surface area (Å²) in [6.07, 6.45) is 3.85. The molecular weight excluding hydrogens is 206 g/mol. The maximum atomic E-state index is 11.5. The molecule has 0 aliphatic heterocycles. The lowest BCUT2D eigenvalue weighted by Crippen LogP contribution is -2.36. The molecule has 92 valence electrons. The Labute approximate surface area is 96.7 Å². The maximum absolute atomic E-state index is 11.5. The molecule has 1 aliphatic rings. The Morgan fingerprint density at radius 2 is 2.06 bits per heavy atom. The van der Waals surface area contributed by atoms with E-state index in [4.69, 9.17) is 4.74 Å². The van der Waals surface area contributed by atoms with Crippen molar-refractivity contribution in [2.45, 2.75) is 52.0 Å². The van der Waals surface area contributed by atoms with Gasteiger partial charge in [-0.1, -0.05) is 13.3 Å². The van der Waals surface area contributed by atoms with Gasteiger partial charge in [0.25, 0.3) is 0 Å². The topological polar surface area (TPSA) is 55.4 Å². The van der Waals surface area contributed by atoms with E-state index in [2.05, 4.69) is 12.2 Å². The molecule has 0 aromatic heterocycles. The summed E-state index contributed by atoms with van der Waals surface area (Å²) in [5, 5.41) is 2.98. The van der Waals surface area contributed by atoms with Gasteiger partial charge in [-0.05, 0) is 25.7 Å². The van der Waals surface area contributed by atoms with Gasteiger partial charge in [0.05, 0.1) is 13.0 Å². The predicted octanol–water partition coefficient (Wildman–Crippen LogP) is 1.63. The number of esters is 1. The van der Waals surface area contributed by atoms with Gasteiger partial charge in [0.15, 0.2) is 0 Å². The van der Waals surface area contributed by atoms with Crippen molar-refractivity contribution in [3.8, 4) is 0 Å². The van der Waals surface area contributed by atoms with Crippen molar-refractivity contribution < 1.29 is 14.3 Å². The number of amides is 1. The van der Waals surface area contributed by atoms with Crippen molar-refractivity contribution in [1.29, 1.82) is 0 Å². The van der Waals surface area contributed by atoms with Crippen molar-refractivity contribution in [3.05, 3.63) is 0 Å².